The summed E-state index contributed by atoms with van der Waals surface area (Å²) in [5.41, 5.74) is 0. The summed E-state index contributed by atoms with van der Waals surface area (Å²) in [4.78, 5) is 0. The molecule has 3 heterocycles. The van der Waals surface area contributed by atoms with Crippen LogP contribution in [0.5, 0.6) is 0 Å². The van der Waals surface area contributed by atoms with Crippen molar-refractivity contribution in [3.63, 3.8) is 0 Å². The minimum absolute atomic E-state index is 0.0308. The van der Waals surface area contributed by atoms with Gasteiger partial charge >= 0.3 is 14.6 Å². The topological polar surface area (TPSA) is 77.4 Å². The van der Waals surface area contributed by atoms with E-state index in [1.54, 1.807) is 0 Å². The van der Waals surface area contributed by atoms with Crippen LogP contribution >= 0.6 is 8.17 Å². The van der Waals surface area contributed by atoms with Crippen LogP contribution in [0.2, 0.25) is 0 Å². The van der Waals surface area contributed by atoms with E-state index in [1.165, 1.54) is 0 Å². The molecule has 3 fully saturated rings. The molecule has 64 valence electrons. The number of rotatable bonds is 4. The van der Waals surface area contributed by atoms with Crippen LogP contribution in [-0.2, 0) is 18.1 Å². The Balaban J connectivity index is 1.66. The quantitative estimate of drug-likeness (QED) is 0.566. The molecule has 2 bridgehead atoms. The molecule has 0 aromatic rings. The van der Waals surface area contributed by atoms with Gasteiger partial charge in [0.2, 0.25) is 0 Å². The molecule has 0 aromatic carbocycles. The first-order valence-corrected chi connectivity index (χ1v) is 4.58. The van der Waals surface area contributed by atoms with Crippen LogP contribution in [0, 0.1) is 0 Å². The van der Waals surface area contributed by atoms with E-state index >= 15 is 0 Å². The fourth-order valence-electron chi connectivity index (χ4n) is 0.661. The Morgan fingerprint density at radius 1 is 1.45 bits per heavy atom. The van der Waals surface area contributed by atoms with E-state index in [-0.39, 0.29) is 13.2 Å². The van der Waals surface area contributed by atoms with Crippen LogP contribution < -0.4 is 0 Å². The fraction of sp³-hybridized carbons (Fsp3) is 1.00. The van der Waals surface area contributed by atoms with Crippen molar-refractivity contribution in [3.8, 4) is 0 Å². The average Bonchev–Trinajstić information content (AvgIpc) is 1.81. The Bertz CT molecular complexity index is 146. The average molecular weight is 183 g/mol. The highest BCUT2D eigenvalue weighted by Gasteiger charge is 2.82. The molecule has 3 saturated heterocycles. The van der Waals surface area contributed by atoms with Gasteiger partial charge in [0, 0.05) is 0 Å². The first-order chi connectivity index (χ1) is 5.24. The van der Waals surface area contributed by atoms with E-state index in [0.717, 1.165) is 0 Å². The van der Waals surface area contributed by atoms with Gasteiger partial charge in [0.15, 0.2) is 0 Å². The summed E-state index contributed by atoms with van der Waals surface area (Å²) in [6.45, 7) is -0.921. The predicted molar refractivity (Wildman–Crippen MR) is 33.0 cm³/mol. The van der Waals surface area contributed by atoms with Crippen molar-refractivity contribution in [3.05, 3.63) is 0 Å². The largest absolute Gasteiger partial charge is 0.592 e. The summed E-state index contributed by atoms with van der Waals surface area (Å²) >= 11 is 0. The van der Waals surface area contributed by atoms with E-state index in [2.05, 4.69) is 0 Å². The van der Waals surface area contributed by atoms with Crippen LogP contribution in [0.15, 0.2) is 0 Å². The monoisotopic (exact) mass is 183 g/mol. The van der Waals surface area contributed by atoms with Crippen molar-refractivity contribution in [2.45, 2.75) is 12.6 Å². The second-order valence-electron chi connectivity index (χ2n) is 2.18. The maximum Gasteiger partial charge on any atom is 0.592 e. The fourth-order valence-corrected chi connectivity index (χ4v) is 1.88. The van der Waals surface area contributed by atoms with Gasteiger partial charge in [-0.15, -0.1) is 4.52 Å². The van der Waals surface area contributed by atoms with Crippen molar-refractivity contribution >= 4 is 8.17 Å². The molecule has 0 saturated carbocycles. The van der Waals surface area contributed by atoms with Crippen molar-refractivity contribution < 1.29 is 28.3 Å². The number of hydrogen-bond acceptors (Lipinski definition) is 6. The van der Waals surface area contributed by atoms with Crippen LogP contribution in [0.4, 0.5) is 0 Å². The third-order valence-electron chi connectivity index (χ3n) is 1.28. The lowest BCUT2D eigenvalue weighted by Gasteiger charge is -2.40. The smallest absolute Gasteiger partial charge is 0.394 e. The minimum Gasteiger partial charge on any atom is -0.394 e. The molecular formula is C4H8O6P+. The van der Waals surface area contributed by atoms with Crippen molar-refractivity contribution in [1.29, 1.82) is 0 Å². The Morgan fingerprint density at radius 2 is 2.09 bits per heavy atom. The van der Waals surface area contributed by atoms with Crippen molar-refractivity contribution in [2.24, 2.45) is 0 Å². The molecular weight excluding hydrogens is 175 g/mol. The maximum atomic E-state index is 8.83. The minimum atomic E-state index is -2.44. The van der Waals surface area contributed by atoms with Crippen molar-refractivity contribution in [2.75, 3.05) is 13.2 Å². The van der Waals surface area contributed by atoms with Gasteiger partial charge in [-0.1, -0.05) is 13.6 Å². The summed E-state index contributed by atoms with van der Waals surface area (Å²) < 4.78 is 19.5. The van der Waals surface area contributed by atoms with E-state index < -0.39 is 20.8 Å². The molecule has 1 unspecified atom stereocenters. The van der Waals surface area contributed by atoms with E-state index in [9.17, 15) is 0 Å². The lowest BCUT2D eigenvalue weighted by Crippen LogP contribution is -2.47. The summed E-state index contributed by atoms with van der Waals surface area (Å²) in [5, 5.41) is 17.2. The zero-order chi connectivity index (χ0) is 7.90. The molecule has 0 amide bonds. The molecule has 3 aliphatic rings. The second kappa shape index (κ2) is 2.60. The molecule has 0 aliphatic carbocycles. The number of aliphatic hydroxyl groups is 2. The third kappa shape index (κ3) is 1.27. The van der Waals surface area contributed by atoms with Crippen LogP contribution in [-0.4, -0.2) is 36.0 Å². The van der Waals surface area contributed by atoms with Crippen LogP contribution in [0.3, 0.4) is 0 Å². The zero-order valence-corrected chi connectivity index (χ0v) is 6.44. The number of hydrogen-bond donors (Lipinski definition) is 2. The standard InChI is InChI=1S/C4H8O6P/c5-1-3(6)2-7-11-8-4(9-11)10-11/h3-6H,1-2H2/q+1. The maximum absolute atomic E-state index is 8.83. The van der Waals surface area contributed by atoms with Gasteiger partial charge in [-0.2, -0.15) is 0 Å². The Morgan fingerprint density at radius 3 is 2.45 bits per heavy atom. The van der Waals surface area contributed by atoms with Gasteiger partial charge in [0.25, 0.3) is 0 Å². The molecule has 3 aliphatic heterocycles. The number of aliphatic hydroxyl groups excluding tert-OH is 2. The molecule has 6 nitrogen and oxygen atoms in total. The second-order valence-corrected chi connectivity index (χ2v) is 3.97. The molecule has 1 atom stereocenters. The highest BCUT2D eigenvalue weighted by Crippen LogP contribution is 2.83. The molecule has 11 heavy (non-hydrogen) atoms. The summed E-state index contributed by atoms with van der Waals surface area (Å²) in [6, 6.07) is 0. The van der Waals surface area contributed by atoms with Crippen molar-refractivity contribution in [1.82, 2.24) is 0 Å². The van der Waals surface area contributed by atoms with Gasteiger partial charge in [0.1, 0.15) is 12.7 Å². The van der Waals surface area contributed by atoms with Gasteiger partial charge in [-0.05, 0) is 0 Å². The molecule has 0 spiro atoms. The molecule has 0 aromatic heterocycles. The van der Waals surface area contributed by atoms with Gasteiger partial charge < -0.3 is 10.2 Å². The third-order valence-corrected chi connectivity index (χ3v) is 3.04. The van der Waals surface area contributed by atoms with Gasteiger partial charge in [0.05, 0.1) is 6.61 Å². The van der Waals surface area contributed by atoms with Crippen LogP contribution in [0.1, 0.15) is 0 Å². The summed E-state index contributed by atoms with van der Waals surface area (Å²) in [7, 11) is -2.44. The first-order valence-electron chi connectivity index (χ1n) is 3.12. The van der Waals surface area contributed by atoms with E-state index in [4.69, 9.17) is 28.3 Å². The lowest BCUT2D eigenvalue weighted by atomic mass is 10.4. The summed E-state index contributed by atoms with van der Waals surface area (Å²) in [6.07, 6.45) is -0.903. The Kier molecular flexibility index (Phi) is 1.85. The SMILES string of the molecule is OCC(O)CO[P+]12OC(O1)O2. The molecule has 2 N–H and O–H groups in total. The highest BCUT2D eigenvalue weighted by atomic mass is 31.2. The zero-order valence-electron chi connectivity index (χ0n) is 5.54. The van der Waals surface area contributed by atoms with Gasteiger partial charge in [-0.25, -0.2) is 0 Å². The molecule has 3 rings (SSSR count). The predicted octanol–water partition coefficient (Wildman–Crippen LogP) is -0.606. The summed E-state index contributed by atoms with van der Waals surface area (Å²) in [5.74, 6) is 0. The first kappa shape index (κ1) is 7.82. The van der Waals surface area contributed by atoms with Gasteiger partial charge in [-0.3, -0.25) is 0 Å². The Labute approximate surface area is 63.3 Å². The normalized spacial score (nSPS) is 42.5. The van der Waals surface area contributed by atoms with E-state index in [1.807, 2.05) is 0 Å². The molecule has 7 heteroatoms. The molecule has 0 radical (unpaired) electrons. The Hall–Kier alpha value is 0.190. The lowest BCUT2D eigenvalue weighted by molar-refractivity contribution is -0.358. The highest BCUT2D eigenvalue weighted by molar-refractivity contribution is 7.59. The van der Waals surface area contributed by atoms with Crippen LogP contribution in [0.25, 0.3) is 0 Å². The van der Waals surface area contributed by atoms with E-state index in [0.29, 0.717) is 0 Å².